The topological polar surface area (TPSA) is 66.7 Å². The largest absolute Gasteiger partial charge is 0.351 e. The van der Waals surface area contributed by atoms with E-state index >= 15 is 0 Å². The molecule has 3 aliphatic rings. The third-order valence-electron chi connectivity index (χ3n) is 8.60. The third kappa shape index (κ3) is 5.02. The molecule has 1 aromatic heterocycles. The van der Waals surface area contributed by atoms with Crippen molar-refractivity contribution in [2.75, 3.05) is 25.9 Å². The lowest BCUT2D eigenvalue weighted by Crippen LogP contribution is -2.49. The molecule has 8 heteroatoms. The Bertz CT molecular complexity index is 1250. The van der Waals surface area contributed by atoms with E-state index in [0.717, 1.165) is 47.4 Å². The molecule has 6 nitrogen and oxygen atoms in total. The zero-order chi connectivity index (χ0) is 26.3. The lowest BCUT2D eigenvalue weighted by molar-refractivity contribution is -0.120. The van der Waals surface area contributed by atoms with Crippen molar-refractivity contribution in [2.24, 2.45) is 16.8 Å². The van der Waals surface area contributed by atoms with Crippen LogP contribution in [0.15, 0.2) is 40.2 Å². The Morgan fingerprint density at radius 3 is 2.59 bits per heavy atom. The molecular weight excluding hydrogens is 487 g/mol. The van der Waals surface area contributed by atoms with Gasteiger partial charge in [0.2, 0.25) is 0 Å². The van der Waals surface area contributed by atoms with Crippen molar-refractivity contribution in [1.29, 1.82) is 0 Å². The van der Waals surface area contributed by atoms with Gasteiger partial charge in [-0.3, -0.25) is 9.59 Å². The van der Waals surface area contributed by atoms with Gasteiger partial charge >= 0.3 is 0 Å². The summed E-state index contributed by atoms with van der Waals surface area (Å²) in [4.78, 5) is 33.6. The van der Waals surface area contributed by atoms with E-state index in [2.05, 4.69) is 32.8 Å². The number of benzene rings is 1. The van der Waals surface area contributed by atoms with Gasteiger partial charge in [-0.1, -0.05) is 18.2 Å². The first kappa shape index (κ1) is 26.2. The summed E-state index contributed by atoms with van der Waals surface area (Å²) in [5.41, 5.74) is 3.41. The third-order valence-corrected chi connectivity index (χ3v) is 9.47. The number of para-hydroxylation sites is 1. The van der Waals surface area contributed by atoms with Gasteiger partial charge in [0.1, 0.15) is 6.17 Å². The van der Waals surface area contributed by atoms with Crippen molar-refractivity contribution in [2.45, 2.75) is 64.7 Å². The van der Waals surface area contributed by atoms with Crippen LogP contribution in [-0.4, -0.2) is 65.1 Å². The molecule has 1 saturated carbocycles. The fraction of sp³-hybridized carbons (Fsp3) is 0.552. The van der Waals surface area contributed by atoms with Gasteiger partial charge in [-0.25, -0.2) is 9.38 Å². The first-order valence-electron chi connectivity index (χ1n) is 13.4. The molecule has 0 radical (unpaired) electrons. The number of nitrogens with zero attached hydrogens (tertiary/aromatic N) is 3. The molecule has 1 N–H and O–H groups in total. The monoisotopic (exact) mass is 524 g/mol. The maximum Gasteiger partial charge on any atom is 0.255 e. The zero-order valence-electron chi connectivity index (χ0n) is 22.2. The number of hydrogen-bond donors (Lipinski definition) is 1. The average molecular weight is 525 g/mol. The second kappa shape index (κ2) is 10.7. The second-order valence-corrected chi connectivity index (χ2v) is 11.7. The number of rotatable bonds is 7. The molecule has 37 heavy (non-hydrogen) atoms. The molecule has 3 heterocycles. The predicted molar refractivity (Wildman–Crippen MR) is 149 cm³/mol. The number of aromatic nitrogens is 1. The van der Waals surface area contributed by atoms with Crippen LogP contribution in [0.1, 0.15) is 61.6 Å². The van der Waals surface area contributed by atoms with Crippen LogP contribution in [0, 0.1) is 18.8 Å². The van der Waals surface area contributed by atoms with E-state index in [4.69, 9.17) is 0 Å². The van der Waals surface area contributed by atoms with Crippen LogP contribution in [0.25, 0.3) is 10.9 Å². The van der Waals surface area contributed by atoms with Gasteiger partial charge in [0, 0.05) is 45.8 Å². The number of carbonyl (C=O) groups excluding carboxylic acids is 2. The second-order valence-electron chi connectivity index (χ2n) is 10.8. The molecule has 0 spiro atoms. The minimum Gasteiger partial charge on any atom is -0.351 e. The van der Waals surface area contributed by atoms with E-state index in [1.54, 1.807) is 0 Å². The smallest absolute Gasteiger partial charge is 0.255 e. The number of thioether (sulfide) groups is 1. The first-order chi connectivity index (χ1) is 17.8. The Labute approximate surface area is 222 Å². The number of dihydropyridines is 1. The standard InChI is InChI=1S/C29H37FN4O2S/c1-17-13-26(37-4)24(28(35)32-17)16-31-29(36)27-19(3)34(25-8-6-5-7-23(25)27)18(2)20-9-11-33(12-10-20)22-14-21(30)15-22/h5-8,13,18,20-22,24H,9-12,14-16H2,1-4H3,(H,31,36)/t18-,21?,22?,24?/m1/s1. The minimum absolute atomic E-state index is 0.153. The SMILES string of the molecule is CSC1=CC(C)=NC(=O)C1CNC(=O)c1c(C)n([C@H](C)C2CCN(C3CC(F)C3)CC2)c2ccccc12. The molecule has 1 aliphatic carbocycles. The van der Waals surface area contributed by atoms with Crippen molar-refractivity contribution in [1.82, 2.24) is 14.8 Å². The van der Waals surface area contributed by atoms with Crippen molar-refractivity contribution >= 4 is 40.2 Å². The zero-order valence-corrected chi connectivity index (χ0v) is 23.0. The van der Waals surface area contributed by atoms with E-state index in [-0.39, 0.29) is 24.4 Å². The van der Waals surface area contributed by atoms with Crippen molar-refractivity contribution in [3.05, 3.63) is 46.5 Å². The lowest BCUT2D eigenvalue weighted by Gasteiger charge is -2.44. The van der Waals surface area contributed by atoms with Gasteiger partial charge in [0.15, 0.2) is 0 Å². The Balaban J connectivity index is 1.34. The molecule has 0 bridgehead atoms. The number of nitrogens with one attached hydrogen (secondary N) is 1. The number of allylic oxidation sites excluding steroid dienone is 1. The molecule has 2 atom stereocenters. The van der Waals surface area contributed by atoms with E-state index in [9.17, 15) is 14.0 Å². The summed E-state index contributed by atoms with van der Waals surface area (Å²) in [5.74, 6) is -0.297. The van der Waals surface area contributed by atoms with Gasteiger partial charge in [0.05, 0.1) is 11.5 Å². The Morgan fingerprint density at radius 1 is 1.22 bits per heavy atom. The van der Waals surface area contributed by atoms with Gasteiger partial charge in [0.25, 0.3) is 11.8 Å². The van der Waals surface area contributed by atoms with Crippen LogP contribution >= 0.6 is 11.8 Å². The van der Waals surface area contributed by atoms with E-state index in [1.165, 1.54) is 11.8 Å². The maximum absolute atomic E-state index is 13.5. The summed E-state index contributed by atoms with van der Waals surface area (Å²) in [5, 5.41) is 3.98. The highest BCUT2D eigenvalue weighted by Crippen LogP contribution is 2.38. The summed E-state index contributed by atoms with van der Waals surface area (Å²) >= 11 is 1.53. The Hall–Kier alpha value is -2.45. The highest BCUT2D eigenvalue weighted by Gasteiger charge is 2.37. The summed E-state index contributed by atoms with van der Waals surface area (Å²) < 4.78 is 15.7. The average Bonchev–Trinajstić information content (AvgIpc) is 3.17. The van der Waals surface area contributed by atoms with Gasteiger partial charge in [-0.05, 0) is 83.9 Å². The summed E-state index contributed by atoms with van der Waals surface area (Å²) in [6.07, 6.45) is 6.79. The lowest BCUT2D eigenvalue weighted by atomic mass is 9.84. The molecule has 5 rings (SSSR count). The quantitative estimate of drug-likeness (QED) is 0.533. The number of hydrogen-bond acceptors (Lipinski definition) is 4. The number of piperidine rings is 1. The number of halogens is 1. The predicted octanol–water partition coefficient (Wildman–Crippen LogP) is 5.32. The van der Waals surface area contributed by atoms with Crippen LogP contribution in [0.3, 0.4) is 0 Å². The molecule has 198 valence electrons. The molecule has 2 aromatic rings. The molecule has 2 amide bonds. The minimum atomic E-state index is -0.614. The molecule has 2 fully saturated rings. The van der Waals surface area contributed by atoms with Crippen LogP contribution in [0.5, 0.6) is 0 Å². The number of alkyl halides is 1. The number of fused-ring (bicyclic) bond motifs is 1. The van der Waals surface area contributed by atoms with E-state index in [0.29, 0.717) is 36.1 Å². The van der Waals surface area contributed by atoms with Gasteiger partial charge in [-0.15, -0.1) is 11.8 Å². The number of likely N-dealkylation sites (tertiary alicyclic amines) is 1. The highest BCUT2D eigenvalue weighted by atomic mass is 32.2. The Kier molecular flexibility index (Phi) is 7.59. The van der Waals surface area contributed by atoms with E-state index in [1.807, 2.05) is 44.4 Å². The summed E-state index contributed by atoms with van der Waals surface area (Å²) in [7, 11) is 0. The molecule has 2 aliphatic heterocycles. The van der Waals surface area contributed by atoms with E-state index < -0.39 is 12.1 Å². The van der Waals surface area contributed by atoms with Crippen LogP contribution in [0.4, 0.5) is 4.39 Å². The van der Waals surface area contributed by atoms with Gasteiger partial charge in [-0.2, -0.15) is 0 Å². The summed E-state index contributed by atoms with van der Waals surface area (Å²) in [6.45, 7) is 8.37. The number of aliphatic imine (C=N–C) groups is 1. The van der Waals surface area contributed by atoms with Crippen molar-refractivity contribution < 1.29 is 14.0 Å². The molecule has 1 unspecified atom stereocenters. The fourth-order valence-electron chi connectivity index (χ4n) is 6.38. The van der Waals surface area contributed by atoms with Crippen molar-refractivity contribution in [3.63, 3.8) is 0 Å². The highest BCUT2D eigenvalue weighted by molar-refractivity contribution is 8.02. The summed E-state index contributed by atoms with van der Waals surface area (Å²) in [6, 6.07) is 8.77. The van der Waals surface area contributed by atoms with Crippen LogP contribution in [0.2, 0.25) is 0 Å². The molecule has 1 aromatic carbocycles. The normalized spacial score (nSPS) is 26.0. The fourth-order valence-corrected chi connectivity index (χ4v) is 7.14. The molecular formula is C29H37FN4O2S. The van der Waals surface area contributed by atoms with Gasteiger partial charge < -0.3 is 14.8 Å². The van der Waals surface area contributed by atoms with Crippen LogP contribution in [-0.2, 0) is 4.79 Å². The Morgan fingerprint density at radius 2 is 1.92 bits per heavy atom. The van der Waals surface area contributed by atoms with Crippen molar-refractivity contribution in [3.8, 4) is 0 Å². The number of amides is 2. The maximum atomic E-state index is 13.5. The van der Waals surface area contributed by atoms with Crippen LogP contribution < -0.4 is 5.32 Å². The first-order valence-corrected chi connectivity index (χ1v) is 14.6. The molecule has 1 saturated heterocycles. The number of carbonyl (C=O) groups is 2.